The average molecular weight is 233 g/mol. The third-order valence-electron chi connectivity index (χ3n) is 1.40. The zero-order valence-electron chi connectivity index (χ0n) is 7.45. The quantitative estimate of drug-likeness (QED) is 0.588. The first-order valence-electron chi connectivity index (χ1n) is 3.74. The molecule has 3 N–H and O–H groups in total. The molecule has 7 heteroatoms. The standard InChI is InChI=1S/C7H9ClN4OS/c1-10-4(13)2-14-7-5(8)6(9)11-3-12-7/h3H,2H2,1H3,(H,10,13)(H2,9,11,12). The Bertz CT molecular complexity index is 346. The number of nitrogen functional groups attached to an aromatic ring is 1. The fourth-order valence-electron chi connectivity index (χ4n) is 0.673. The molecule has 0 fully saturated rings. The Morgan fingerprint density at radius 2 is 2.43 bits per heavy atom. The highest BCUT2D eigenvalue weighted by molar-refractivity contribution is 8.00. The van der Waals surface area contributed by atoms with Crippen LogP contribution in [0, 0.1) is 0 Å². The SMILES string of the molecule is CNC(=O)CSc1ncnc(N)c1Cl. The smallest absolute Gasteiger partial charge is 0.230 e. The van der Waals surface area contributed by atoms with Gasteiger partial charge >= 0.3 is 0 Å². The number of carbonyl (C=O) groups is 1. The lowest BCUT2D eigenvalue weighted by molar-refractivity contribution is -0.118. The lowest BCUT2D eigenvalue weighted by Crippen LogP contribution is -2.19. The molecule has 1 rings (SSSR count). The number of nitrogens with two attached hydrogens (primary N) is 1. The van der Waals surface area contributed by atoms with Crippen molar-refractivity contribution in [3.05, 3.63) is 11.3 Å². The summed E-state index contributed by atoms with van der Waals surface area (Å²) in [7, 11) is 1.57. The van der Waals surface area contributed by atoms with Gasteiger partial charge in [0.1, 0.15) is 22.2 Å². The first-order valence-corrected chi connectivity index (χ1v) is 5.11. The molecule has 0 saturated carbocycles. The van der Waals surface area contributed by atoms with Crippen LogP contribution in [0.25, 0.3) is 0 Å². The molecule has 0 aliphatic heterocycles. The minimum absolute atomic E-state index is 0.0942. The molecule has 0 unspecified atom stereocenters. The number of hydrogen-bond acceptors (Lipinski definition) is 5. The molecule has 0 aromatic carbocycles. The van der Waals surface area contributed by atoms with E-state index in [0.29, 0.717) is 10.0 Å². The van der Waals surface area contributed by atoms with Gasteiger partial charge < -0.3 is 11.1 Å². The normalized spacial score (nSPS) is 9.86. The number of amides is 1. The van der Waals surface area contributed by atoms with E-state index in [1.54, 1.807) is 7.05 Å². The maximum Gasteiger partial charge on any atom is 0.230 e. The van der Waals surface area contributed by atoms with Crippen molar-refractivity contribution >= 4 is 35.1 Å². The summed E-state index contributed by atoms with van der Waals surface area (Å²) in [4.78, 5) is 18.5. The molecular formula is C7H9ClN4OS. The van der Waals surface area contributed by atoms with Crippen LogP contribution in [0.4, 0.5) is 5.82 Å². The zero-order valence-corrected chi connectivity index (χ0v) is 9.02. The van der Waals surface area contributed by atoms with Gasteiger partial charge in [0.2, 0.25) is 5.91 Å². The minimum atomic E-state index is -0.0942. The van der Waals surface area contributed by atoms with Gasteiger partial charge in [-0.3, -0.25) is 4.79 Å². The average Bonchev–Trinajstić information content (AvgIpc) is 2.20. The molecule has 0 atom stereocenters. The van der Waals surface area contributed by atoms with Crippen LogP contribution < -0.4 is 11.1 Å². The van der Waals surface area contributed by atoms with Gasteiger partial charge in [-0.1, -0.05) is 23.4 Å². The number of rotatable bonds is 3. The van der Waals surface area contributed by atoms with Crippen molar-refractivity contribution in [2.24, 2.45) is 0 Å². The van der Waals surface area contributed by atoms with Crippen molar-refractivity contribution in [2.45, 2.75) is 5.03 Å². The molecule has 76 valence electrons. The molecular weight excluding hydrogens is 224 g/mol. The van der Waals surface area contributed by atoms with E-state index in [1.165, 1.54) is 18.1 Å². The summed E-state index contributed by atoms with van der Waals surface area (Å²) in [6.45, 7) is 0. The highest BCUT2D eigenvalue weighted by Crippen LogP contribution is 2.27. The van der Waals surface area contributed by atoms with E-state index in [9.17, 15) is 4.79 Å². The zero-order chi connectivity index (χ0) is 10.6. The summed E-state index contributed by atoms with van der Waals surface area (Å²) in [5.41, 5.74) is 5.46. The minimum Gasteiger partial charge on any atom is -0.382 e. The molecule has 1 aromatic rings. The number of aromatic nitrogens is 2. The highest BCUT2D eigenvalue weighted by atomic mass is 35.5. The number of carbonyl (C=O) groups excluding carboxylic acids is 1. The number of nitrogens with zero attached hydrogens (tertiary/aromatic N) is 2. The second kappa shape index (κ2) is 5.02. The van der Waals surface area contributed by atoms with Crippen molar-refractivity contribution < 1.29 is 4.79 Å². The van der Waals surface area contributed by atoms with E-state index in [0.717, 1.165) is 0 Å². The molecule has 14 heavy (non-hydrogen) atoms. The van der Waals surface area contributed by atoms with Gasteiger partial charge in [-0.15, -0.1) is 0 Å². The lowest BCUT2D eigenvalue weighted by atomic mass is 10.6. The number of halogens is 1. The van der Waals surface area contributed by atoms with Crippen molar-refractivity contribution in [3.63, 3.8) is 0 Å². The van der Waals surface area contributed by atoms with Gasteiger partial charge in [0.05, 0.1) is 5.75 Å². The highest BCUT2D eigenvalue weighted by Gasteiger charge is 2.08. The number of hydrogen-bond donors (Lipinski definition) is 2. The fraction of sp³-hybridized carbons (Fsp3) is 0.286. The molecule has 0 saturated heterocycles. The maximum absolute atomic E-state index is 10.9. The lowest BCUT2D eigenvalue weighted by Gasteiger charge is -2.03. The van der Waals surface area contributed by atoms with Gasteiger partial charge in [0, 0.05) is 7.05 Å². The number of anilines is 1. The summed E-state index contributed by atoms with van der Waals surface area (Å²) in [6.07, 6.45) is 1.31. The molecule has 1 heterocycles. The Morgan fingerprint density at radius 3 is 3.07 bits per heavy atom. The predicted molar refractivity (Wildman–Crippen MR) is 56.2 cm³/mol. The molecule has 0 bridgehead atoms. The van der Waals surface area contributed by atoms with Crippen molar-refractivity contribution in [3.8, 4) is 0 Å². The van der Waals surface area contributed by atoms with Gasteiger partial charge in [0.25, 0.3) is 0 Å². The molecule has 5 nitrogen and oxygen atoms in total. The van der Waals surface area contributed by atoms with Crippen LogP contribution in [-0.2, 0) is 4.79 Å². The van der Waals surface area contributed by atoms with Crippen LogP contribution in [0.15, 0.2) is 11.4 Å². The first kappa shape index (κ1) is 11.1. The van der Waals surface area contributed by atoms with E-state index >= 15 is 0 Å². The number of thioether (sulfide) groups is 1. The van der Waals surface area contributed by atoms with Crippen LogP contribution in [0.3, 0.4) is 0 Å². The molecule has 0 aliphatic carbocycles. The Hall–Kier alpha value is -1.01. The van der Waals surface area contributed by atoms with Gasteiger partial charge in [-0.2, -0.15) is 0 Å². The van der Waals surface area contributed by atoms with Crippen LogP contribution in [0.2, 0.25) is 5.02 Å². The van der Waals surface area contributed by atoms with Gasteiger partial charge in [0.15, 0.2) is 0 Å². The van der Waals surface area contributed by atoms with Gasteiger partial charge in [-0.25, -0.2) is 9.97 Å². The van der Waals surface area contributed by atoms with E-state index in [4.69, 9.17) is 17.3 Å². The van der Waals surface area contributed by atoms with Crippen molar-refractivity contribution in [2.75, 3.05) is 18.5 Å². The maximum atomic E-state index is 10.9. The summed E-state index contributed by atoms with van der Waals surface area (Å²) in [6, 6.07) is 0. The fourth-order valence-corrected chi connectivity index (χ4v) is 1.70. The second-order valence-electron chi connectivity index (χ2n) is 2.34. The molecule has 0 radical (unpaired) electrons. The second-order valence-corrected chi connectivity index (χ2v) is 3.68. The van der Waals surface area contributed by atoms with E-state index in [-0.39, 0.29) is 17.5 Å². The van der Waals surface area contributed by atoms with Crippen LogP contribution in [0.1, 0.15) is 0 Å². The molecule has 1 aromatic heterocycles. The number of nitrogens with one attached hydrogen (secondary N) is 1. The Labute approximate surface area is 90.4 Å². The molecule has 0 aliphatic rings. The van der Waals surface area contributed by atoms with E-state index in [1.807, 2.05) is 0 Å². The van der Waals surface area contributed by atoms with E-state index < -0.39 is 0 Å². The third kappa shape index (κ3) is 2.74. The van der Waals surface area contributed by atoms with Crippen molar-refractivity contribution in [1.29, 1.82) is 0 Å². The Balaban J connectivity index is 2.68. The summed E-state index contributed by atoms with van der Waals surface area (Å²) < 4.78 is 0. The summed E-state index contributed by atoms with van der Waals surface area (Å²) in [5.74, 6) is 0.386. The topological polar surface area (TPSA) is 80.9 Å². The third-order valence-corrected chi connectivity index (χ3v) is 2.88. The Morgan fingerprint density at radius 1 is 1.71 bits per heavy atom. The summed E-state index contributed by atoms with van der Waals surface area (Å²) in [5, 5.41) is 3.30. The van der Waals surface area contributed by atoms with Gasteiger partial charge in [-0.05, 0) is 0 Å². The first-order chi connectivity index (χ1) is 6.65. The largest absolute Gasteiger partial charge is 0.382 e. The predicted octanol–water partition coefficient (Wildman–Crippen LogP) is 0.550. The van der Waals surface area contributed by atoms with Crippen LogP contribution in [-0.4, -0.2) is 28.7 Å². The van der Waals surface area contributed by atoms with Crippen molar-refractivity contribution in [1.82, 2.24) is 15.3 Å². The molecule has 0 spiro atoms. The van der Waals surface area contributed by atoms with Crippen LogP contribution in [0.5, 0.6) is 0 Å². The molecule has 1 amide bonds. The monoisotopic (exact) mass is 232 g/mol. The van der Waals surface area contributed by atoms with E-state index in [2.05, 4.69) is 15.3 Å². The van der Waals surface area contributed by atoms with Crippen LogP contribution >= 0.6 is 23.4 Å². The Kier molecular flexibility index (Phi) is 3.97. The summed E-state index contributed by atoms with van der Waals surface area (Å²) >= 11 is 7.04.